The number of methoxy groups -OCH3 is 1. The average Bonchev–Trinajstić information content (AvgIpc) is 3.04. The molecule has 1 aliphatic carbocycles. The normalized spacial score (nSPS) is 31.4. The Morgan fingerprint density at radius 3 is 3.13 bits per heavy atom. The summed E-state index contributed by atoms with van der Waals surface area (Å²) in [5.41, 5.74) is 1.78. The molecule has 1 heterocycles. The second kappa shape index (κ2) is 2.83. The van der Waals surface area contributed by atoms with Gasteiger partial charge in [-0.2, -0.15) is 0 Å². The Morgan fingerprint density at radius 2 is 2.33 bits per heavy atom. The van der Waals surface area contributed by atoms with Gasteiger partial charge in [-0.05, 0) is 24.0 Å². The third-order valence-corrected chi connectivity index (χ3v) is 3.33. The third-order valence-electron chi connectivity index (χ3n) is 3.33. The standard InChI is InChI=1S/C12H12O3/c1-14-11(13)12-7-6-8-4-2-3-5-9(8)10(12)15-12/h2-5,10H,6-7H2,1H3/t10-,12-/m1/s1. The number of carbonyl (C=O) groups excluding carboxylic acids is 1. The Balaban J connectivity index is 1.98. The van der Waals surface area contributed by atoms with Gasteiger partial charge in [-0.1, -0.05) is 24.3 Å². The molecule has 0 unspecified atom stereocenters. The van der Waals surface area contributed by atoms with Gasteiger partial charge in [-0.25, -0.2) is 4.79 Å². The summed E-state index contributed by atoms with van der Waals surface area (Å²) in [6.07, 6.45) is 1.55. The van der Waals surface area contributed by atoms with Crippen molar-refractivity contribution in [1.29, 1.82) is 0 Å². The molecule has 3 rings (SSSR count). The van der Waals surface area contributed by atoms with Crippen LogP contribution in [0.5, 0.6) is 0 Å². The quantitative estimate of drug-likeness (QED) is 0.515. The summed E-state index contributed by atoms with van der Waals surface area (Å²) in [6, 6.07) is 8.13. The van der Waals surface area contributed by atoms with Crippen molar-refractivity contribution in [3.05, 3.63) is 35.4 Å². The summed E-state index contributed by atoms with van der Waals surface area (Å²) >= 11 is 0. The number of carbonyl (C=O) groups is 1. The summed E-state index contributed by atoms with van der Waals surface area (Å²) in [4.78, 5) is 11.6. The molecule has 0 bridgehead atoms. The minimum atomic E-state index is -0.664. The summed E-state index contributed by atoms with van der Waals surface area (Å²) in [5, 5.41) is 0. The largest absolute Gasteiger partial charge is 0.467 e. The maximum absolute atomic E-state index is 11.6. The van der Waals surface area contributed by atoms with Gasteiger partial charge in [0.15, 0.2) is 5.60 Å². The highest BCUT2D eigenvalue weighted by Crippen LogP contribution is 2.56. The lowest BCUT2D eigenvalue weighted by Crippen LogP contribution is -2.30. The molecule has 0 N–H and O–H groups in total. The highest BCUT2D eigenvalue weighted by atomic mass is 16.7. The lowest BCUT2D eigenvalue weighted by Gasteiger charge is -2.17. The van der Waals surface area contributed by atoms with Crippen LogP contribution in [0.25, 0.3) is 0 Å². The van der Waals surface area contributed by atoms with Gasteiger partial charge in [-0.15, -0.1) is 0 Å². The van der Waals surface area contributed by atoms with Crippen LogP contribution in [0.4, 0.5) is 0 Å². The molecule has 0 radical (unpaired) electrons. The van der Waals surface area contributed by atoms with Crippen LogP contribution in [-0.4, -0.2) is 18.7 Å². The zero-order valence-electron chi connectivity index (χ0n) is 8.53. The maximum atomic E-state index is 11.6. The topological polar surface area (TPSA) is 38.8 Å². The first-order chi connectivity index (χ1) is 7.28. The lowest BCUT2D eigenvalue weighted by atomic mass is 9.84. The highest BCUT2D eigenvalue weighted by Gasteiger charge is 2.65. The number of hydrogen-bond donors (Lipinski definition) is 0. The first-order valence-corrected chi connectivity index (χ1v) is 5.12. The number of ether oxygens (including phenoxy) is 2. The van der Waals surface area contributed by atoms with Crippen molar-refractivity contribution >= 4 is 5.97 Å². The molecular weight excluding hydrogens is 192 g/mol. The monoisotopic (exact) mass is 204 g/mol. The van der Waals surface area contributed by atoms with Crippen LogP contribution in [0.1, 0.15) is 23.7 Å². The second-order valence-electron chi connectivity index (χ2n) is 4.08. The van der Waals surface area contributed by atoms with E-state index in [9.17, 15) is 4.79 Å². The van der Waals surface area contributed by atoms with E-state index in [1.807, 2.05) is 18.2 Å². The summed E-state index contributed by atoms with van der Waals surface area (Å²) in [7, 11) is 1.41. The van der Waals surface area contributed by atoms with E-state index < -0.39 is 5.60 Å². The smallest absolute Gasteiger partial charge is 0.341 e. The van der Waals surface area contributed by atoms with Gasteiger partial charge < -0.3 is 9.47 Å². The number of benzene rings is 1. The number of rotatable bonds is 1. The van der Waals surface area contributed by atoms with Crippen molar-refractivity contribution in [1.82, 2.24) is 0 Å². The van der Waals surface area contributed by atoms with E-state index in [1.165, 1.54) is 12.7 Å². The van der Waals surface area contributed by atoms with Crippen LogP contribution in [-0.2, 0) is 20.7 Å². The lowest BCUT2D eigenvalue weighted by molar-refractivity contribution is -0.147. The van der Waals surface area contributed by atoms with Gasteiger partial charge in [0.25, 0.3) is 0 Å². The molecule has 1 aromatic carbocycles. The molecule has 2 aliphatic rings. The van der Waals surface area contributed by atoms with Crippen LogP contribution < -0.4 is 0 Å². The fourth-order valence-corrected chi connectivity index (χ4v) is 2.45. The van der Waals surface area contributed by atoms with E-state index in [0.717, 1.165) is 18.4 Å². The van der Waals surface area contributed by atoms with Gasteiger partial charge in [0, 0.05) is 0 Å². The van der Waals surface area contributed by atoms with E-state index in [4.69, 9.17) is 9.47 Å². The fraction of sp³-hybridized carbons (Fsp3) is 0.417. The molecule has 3 heteroatoms. The van der Waals surface area contributed by atoms with E-state index >= 15 is 0 Å². The third kappa shape index (κ3) is 1.07. The predicted octanol–water partition coefficient (Wildman–Crippen LogP) is 1.62. The van der Waals surface area contributed by atoms with Crippen LogP contribution in [0.2, 0.25) is 0 Å². The maximum Gasteiger partial charge on any atom is 0.341 e. The molecular formula is C12H12O3. The number of esters is 1. The Morgan fingerprint density at radius 1 is 1.53 bits per heavy atom. The Kier molecular flexibility index (Phi) is 1.68. The molecule has 78 valence electrons. The van der Waals surface area contributed by atoms with Crippen molar-refractivity contribution in [3.63, 3.8) is 0 Å². The van der Waals surface area contributed by atoms with E-state index in [-0.39, 0.29) is 12.1 Å². The van der Waals surface area contributed by atoms with E-state index in [0.29, 0.717) is 0 Å². The van der Waals surface area contributed by atoms with Gasteiger partial charge in [0.2, 0.25) is 0 Å². The fourth-order valence-electron chi connectivity index (χ4n) is 2.45. The molecule has 0 aromatic heterocycles. The first-order valence-electron chi connectivity index (χ1n) is 5.12. The molecule has 1 saturated heterocycles. The molecule has 0 amide bonds. The summed E-state index contributed by atoms with van der Waals surface area (Å²) in [6.45, 7) is 0. The minimum absolute atomic E-state index is 0.0742. The van der Waals surface area contributed by atoms with Gasteiger partial charge in [-0.3, -0.25) is 0 Å². The zero-order valence-corrected chi connectivity index (χ0v) is 8.53. The van der Waals surface area contributed by atoms with Crippen molar-refractivity contribution in [2.45, 2.75) is 24.5 Å². The summed E-state index contributed by atoms with van der Waals surface area (Å²) in [5.74, 6) is -0.234. The van der Waals surface area contributed by atoms with E-state index in [1.54, 1.807) is 0 Å². The predicted molar refractivity (Wildman–Crippen MR) is 53.3 cm³/mol. The summed E-state index contributed by atoms with van der Waals surface area (Å²) < 4.78 is 10.4. The molecule has 3 nitrogen and oxygen atoms in total. The Bertz CT molecular complexity index is 427. The number of hydrogen-bond acceptors (Lipinski definition) is 3. The van der Waals surface area contributed by atoms with E-state index in [2.05, 4.69) is 6.07 Å². The van der Waals surface area contributed by atoms with Crippen LogP contribution >= 0.6 is 0 Å². The molecule has 0 saturated carbocycles. The Hall–Kier alpha value is -1.35. The van der Waals surface area contributed by atoms with Gasteiger partial charge in [0.1, 0.15) is 6.10 Å². The first kappa shape index (κ1) is 8.92. The van der Waals surface area contributed by atoms with Crippen molar-refractivity contribution in [2.75, 3.05) is 7.11 Å². The average molecular weight is 204 g/mol. The second-order valence-corrected chi connectivity index (χ2v) is 4.08. The zero-order chi connectivity index (χ0) is 10.5. The SMILES string of the molecule is COC(=O)[C@@]12CCc3ccccc3[C@H]1O2. The molecule has 15 heavy (non-hydrogen) atoms. The number of epoxide rings is 1. The van der Waals surface area contributed by atoms with Crippen molar-refractivity contribution in [2.24, 2.45) is 0 Å². The highest BCUT2D eigenvalue weighted by molar-refractivity contribution is 5.84. The van der Waals surface area contributed by atoms with Crippen molar-refractivity contribution < 1.29 is 14.3 Å². The van der Waals surface area contributed by atoms with Crippen LogP contribution in [0.3, 0.4) is 0 Å². The minimum Gasteiger partial charge on any atom is -0.467 e. The van der Waals surface area contributed by atoms with Crippen molar-refractivity contribution in [3.8, 4) is 0 Å². The van der Waals surface area contributed by atoms with Crippen LogP contribution in [0.15, 0.2) is 24.3 Å². The molecule has 2 atom stereocenters. The van der Waals surface area contributed by atoms with Crippen LogP contribution in [0, 0.1) is 0 Å². The Labute approximate surface area is 88.0 Å². The number of fused-ring (bicyclic) bond motifs is 3. The van der Waals surface area contributed by atoms with Gasteiger partial charge in [0.05, 0.1) is 7.11 Å². The molecule has 1 fully saturated rings. The molecule has 1 aromatic rings. The molecule has 1 aliphatic heterocycles. The number of aryl methyl sites for hydroxylation is 1. The van der Waals surface area contributed by atoms with Gasteiger partial charge >= 0.3 is 5.97 Å². The molecule has 0 spiro atoms.